The molecule has 3 amide bonds. The number of piperidine rings is 2. The third kappa shape index (κ3) is 4.19. The minimum absolute atomic E-state index is 0.198. The zero-order chi connectivity index (χ0) is 23.9. The van der Waals surface area contributed by atoms with Gasteiger partial charge in [0.1, 0.15) is 11.8 Å². The van der Waals surface area contributed by atoms with Gasteiger partial charge in [0.15, 0.2) is 0 Å². The van der Waals surface area contributed by atoms with E-state index in [1.165, 1.54) is 10.5 Å². The lowest BCUT2D eigenvalue weighted by molar-refractivity contribution is -0.136. The Hall–Kier alpha value is -3.23. The van der Waals surface area contributed by atoms with Crippen molar-refractivity contribution < 1.29 is 24.2 Å². The lowest BCUT2D eigenvalue weighted by Gasteiger charge is -2.38. The van der Waals surface area contributed by atoms with Crippen LogP contribution in [-0.2, 0) is 28.3 Å². The van der Waals surface area contributed by atoms with Crippen molar-refractivity contribution in [3.63, 3.8) is 0 Å². The molecule has 0 saturated carbocycles. The molecule has 3 heterocycles. The molecule has 5 rings (SSSR count). The van der Waals surface area contributed by atoms with Gasteiger partial charge in [-0.15, -0.1) is 0 Å². The predicted octanol–water partition coefficient (Wildman–Crippen LogP) is 1.94. The largest absolute Gasteiger partial charge is 0.497 e. The van der Waals surface area contributed by atoms with Gasteiger partial charge in [0.2, 0.25) is 11.8 Å². The molecule has 0 bridgehead atoms. The van der Waals surface area contributed by atoms with Gasteiger partial charge in [-0.1, -0.05) is 24.3 Å². The van der Waals surface area contributed by atoms with Gasteiger partial charge in [0.05, 0.1) is 12.7 Å². The lowest BCUT2D eigenvalue weighted by Crippen LogP contribution is -2.52. The van der Waals surface area contributed by atoms with E-state index in [9.17, 15) is 19.5 Å². The van der Waals surface area contributed by atoms with Crippen molar-refractivity contribution in [2.75, 3.05) is 20.2 Å². The number of carbonyl (C=O) groups is 3. The van der Waals surface area contributed by atoms with Crippen LogP contribution in [0.15, 0.2) is 42.5 Å². The maximum absolute atomic E-state index is 12.9. The molecule has 3 aliphatic rings. The molecule has 1 atom stereocenters. The maximum atomic E-state index is 12.9. The highest BCUT2D eigenvalue weighted by atomic mass is 16.5. The van der Waals surface area contributed by atoms with E-state index in [1.807, 2.05) is 30.3 Å². The van der Waals surface area contributed by atoms with Crippen LogP contribution in [0.4, 0.5) is 0 Å². The number of fused-ring (bicyclic) bond motifs is 1. The highest BCUT2D eigenvalue weighted by Crippen LogP contribution is 2.36. The summed E-state index contributed by atoms with van der Waals surface area (Å²) in [5.74, 6) is -0.0754. The fourth-order valence-corrected chi connectivity index (χ4v) is 5.26. The molecule has 2 aromatic rings. The van der Waals surface area contributed by atoms with Gasteiger partial charge in [-0.3, -0.25) is 24.6 Å². The van der Waals surface area contributed by atoms with Gasteiger partial charge in [0.25, 0.3) is 5.91 Å². The molecule has 1 unspecified atom stereocenters. The highest BCUT2D eigenvalue weighted by Gasteiger charge is 2.40. The Morgan fingerprint density at radius 1 is 1.12 bits per heavy atom. The first kappa shape index (κ1) is 22.6. The molecule has 0 aliphatic carbocycles. The summed E-state index contributed by atoms with van der Waals surface area (Å²) in [6.45, 7) is 2.62. The predicted molar refractivity (Wildman–Crippen MR) is 124 cm³/mol. The molecule has 2 fully saturated rings. The summed E-state index contributed by atoms with van der Waals surface area (Å²) in [5, 5.41) is 13.8. The molecule has 0 aromatic heterocycles. The molecule has 0 spiro atoms. The van der Waals surface area contributed by atoms with E-state index < -0.39 is 17.6 Å². The number of imide groups is 1. The number of benzene rings is 2. The first-order valence-electron chi connectivity index (χ1n) is 11.7. The number of hydrogen-bond acceptors (Lipinski definition) is 6. The fourth-order valence-electron chi connectivity index (χ4n) is 5.26. The summed E-state index contributed by atoms with van der Waals surface area (Å²) in [6.07, 6.45) is 1.76. The van der Waals surface area contributed by atoms with Gasteiger partial charge in [-0.05, 0) is 54.2 Å². The van der Waals surface area contributed by atoms with Crippen LogP contribution in [0.3, 0.4) is 0 Å². The van der Waals surface area contributed by atoms with Crippen LogP contribution < -0.4 is 10.1 Å². The molecular weight excluding hydrogens is 434 g/mol. The summed E-state index contributed by atoms with van der Waals surface area (Å²) in [4.78, 5) is 40.5. The van der Waals surface area contributed by atoms with Crippen LogP contribution >= 0.6 is 0 Å². The van der Waals surface area contributed by atoms with E-state index >= 15 is 0 Å². The number of hydrogen-bond donors (Lipinski definition) is 2. The second-order valence-electron chi connectivity index (χ2n) is 9.43. The number of carbonyl (C=O) groups excluding carboxylic acids is 3. The van der Waals surface area contributed by atoms with Crippen molar-refractivity contribution in [1.82, 2.24) is 15.1 Å². The summed E-state index contributed by atoms with van der Waals surface area (Å²) in [5.41, 5.74) is 2.41. The van der Waals surface area contributed by atoms with Crippen LogP contribution in [0.2, 0.25) is 0 Å². The van der Waals surface area contributed by atoms with Gasteiger partial charge >= 0.3 is 0 Å². The monoisotopic (exact) mass is 463 g/mol. The number of nitrogens with zero attached hydrogens (tertiary/aromatic N) is 2. The Balaban J connectivity index is 1.26. The van der Waals surface area contributed by atoms with Crippen molar-refractivity contribution in [3.8, 4) is 5.75 Å². The topological polar surface area (TPSA) is 99.2 Å². The third-order valence-corrected chi connectivity index (χ3v) is 7.28. The minimum atomic E-state index is -0.953. The number of methoxy groups -OCH3 is 1. The van der Waals surface area contributed by atoms with Gasteiger partial charge in [0, 0.05) is 38.2 Å². The van der Waals surface area contributed by atoms with Crippen molar-refractivity contribution in [3.05, 3.63) is 64.7 Å². The van der Waals surface area contributed by atoms with Gasteiger partial charge in [-0.2, -0.15) is 0 Å². The fraction of sp³-hybridized carbons (Fsp3) is 0.423. The van der Waals surface area contributed by atoms with E-state index in [-0.39, 0.29) is 18.2 Å². The molecule has 3 aliphatic heterocycles. The summed E-state index contributed by atoms with van der Waals surface area (Å²) in [6, 6.07) is 12.9. The number of ether oxygens (including phenoxy) is 1. The zero-order valence-electron chi connectivity index (χ0n) is 19.3. The van der Waals surface area contributed by atoms with Crippen molar-refractivity contribution >= 4 is 17.7 Å². The first-order valence-corrected chi connectivity index (χ1v) is 11.7. The SMILES string of the molecule is COc1cccc(CN2CCC(O)(c3ccc4c(c3)CN(C3CCC(=O)NC3=O)C4=O)CC2)c1. The molecule has 8 nitrogen and oxygen atoms in total. The molecule has 178 valence electrons. The second kappa shape index (κ2) is 8.85. The molecule has 2 saturated heterocycles. The van der Waals surface area contributed by atoms with Crippen molar-refractivity contribution in [2.24, 2.45) is 0 Å². The van der Waals surface area contributed by atoms with Crippen LogP contribution in [0.1, 0.15) is 52.7 Å². The standard InChI is InChI=1S/C26H29N3O5/c1-34-20-4-2-3-17(13-20)15-28-11-9-26(33,10-12-28)19-5-6-21-18(14-19)16-29(25(21)32)22-7-8-23(30)27-24(22)31/h2-6,13-14,22,33H,7-12,15-16H2,1H3,(H,27,30,31). The molecule has 8 heteroatoms. The normalized spacial score (nSPS) is 22.5. The number of amides is 3. The van der Waals surface area contributed by atoms with Crippen LogP contribution in [0, 0.1) is 0 Å². The molecule has 0 radical (unpaired) electrons. The summed E-state index contributed by atoms with van der Waals surface area (Å²) < 4.78 is 5.31. The number of aliphatic hydroxyl groups is 1. The Morgan fingerprint density at radius 3 is 2.65 bits per heavy atom. The molecule has 34 heavy (non-hydrogen) atoms. The third-order valence-electron chi connectivity index (χ3n) is 7.28. The van der Waals surface area contributed by atoms with Crippen molar-refractivity contribution in [2.45, 2.75) is 50.4 Å². The lowest BCUT2D eigenvalue weighted by atomic mass is 9.83. The number of nitrogens with one attached hydrogen (secondary N) is 1. The van der Waals surface area contributed by atoms with Gasteiger partial charge < -0.3 is 14.7 Å². The quantitative estimate of drug-likeness (QED) is 0.658. The molecule has 2 aromatic carbocycles. The van der Waals surface area contributed by atoms with E-state index in [0.717, 1.165) is 36.5 Å². The Kier molecular flexibility index (Phi) is 5.87. The molecular formula is C26H29N3O5. The Morgan fingerprint density at radius 2 is 1.91 bits per heavy atom. The average molecular weight is 464 g/mol. The average Bonchev–Trinajstić information content (AvgIpc) is 3.16. The smallest absolute Gasteiger partial charge is 0.255 e. The number of likely N-dealkylation sites (tertiary alicyclic amines) is 1. The van der Waals surface area contributed by atoms with E-state index in [0.29, 0.717) is 31.4 Å². The zero-order valence-corrected chi connectivity index (χ0v) is 19.3. The van der Waals surface area contributed by atoms with Crippen LogP contribution in [0.25, 0.3) is 0 Å². The van der Waals surface area contributed by atoms with Crippen LogP contribution in [-0.4, -0.2) is 58.9 Å². The highest BCUT2D eigenvalue weighted by molar-refractivity contribution is 6.05. The Labute approximate surface area is 198 Å². The maximum Gasteiger partial charge on any atom is 0.255 e. The minimum Gasteiger partial charge on any atom is -0.497 e. The van der Waals surface area contributed by atoms with Crippen molar-refractivity contribution in [1.29, 1.82) is 0 Å². The first-order chi connectivity index (χ1) is 16.4. The van der Waals surface area contributed by atoms with Gasteiger partial charge in [-0.25, -0.2) is 0 Å². The summed E-state index contributed by atoms with van der Waals surface area (Å²) in [7, 11) is 1.66. The number of rotatable bonds is 5. The van der Waals surface area contributed by atoms with E-state index in [4.69, 9.17) is 4.74 Å². The summed E-state index contributed by atoms with van der Waals surface area (Å²) >= 11 is 0. The molecule has 2 N–H and O–H groups in total. The second-order valence-corrected chi connectivity index (χ2v) is 9.43. The Bertz CT molecular complexity index is 1140. The van der Waals surface area contributed by atoms with E-state index in [1.54, 1.807) is 13.2 Å². The van der Waals surface area contributed by atoms with Crippen LogP contribution in [0.5, 0.6) is 5.75 Å². The van der Waals surface area contributed by atoms with E-state index in [2.05, 4.69) is 16.3 Å².